The SMILES string of the molecule is O=c1[nH]ncc2cncc(Cl)c12. The molecule has 0 aliphatic rings. The van der Waals surface area contributed by atoms with Crippen LogP contribution in [0.5, 0.6) is 0 Å². The predicted molar refractivity (Wildman–Crippen MR) is 45.2 cm³/mol. The molecule has 2 rings (SSSR count). The molecule has 1 N–H and O–H groups in total. The summed E-state index contributed by atoms with van der Waals surface area (Å²) in [5.74, 6) is 0. The Hall–Kier alpha value is -1.42. The molecular formula is C7H4ClN3O. The van der Waals surface area contributed by atoms with E-state index in [-0.39, 0.29) is 5.56 Å². The van der Waals surface area contributed by atoms with Crippen LogP contribution in [0.4, 0.5) is 0 Å². The normalized spacial score (nSPS) is 10.4. The average Bonchev–Trinajstić information content (AvgIpc) is 2.04. The molecule has 5 heteroatoms. The topological polar surface area (TPSA) is 58.6 Å². The Labute approximate surface area is 72.2 Å². The van der Waals surface area contributed by atoms with Gasteiger partial charge in [0.2, 0.25) is 0 Å². The van der Waals surface area contributed by atoms with Gasteiger partial charge < -0.3 is 0 Å². The number of pyridine rings is 1. The second-order valence-electron chi connectivity index (χ2n) is 2.28. The van der Waals surface area contributed by atoms with Gasteiger partial charge >= 0.3 is 0 Å². The molecule has 0 aliphatic carbocycles. The highest BCUT2D eigenvalue weighted by Gasteiger charge is 2.02. The number of fused-ring (bicyclic) bond motifs is 1. The summed E-state index contributed by atoms with van der Waals surface area (Å²) >= 11 is 5.75. The van der Waals surface area contributed by atoms with Crippen LogP contribution in [0.25, 0.3) is 10.8 Å². The first-order chi connectivity index (χ1) is 5.79. The van der Waals surface area contributed by atoms with E-state index in [1.807, 2.05) is 0 Å². The first kappa shape index (κ1) is 7.24. The molecule has 2 aromatic heterocycles. The molecule has 2 heterocycles. The molecule has 0 saturated heterocycles. The Balaban J connectivity index is 3.07. The van der Waals surface area contributed by atoms with Gasteiger partial charge in [-0.2, -0.15) is 5.10 Å². The molecule has 4 nitrogen and oxygen atoms in total. The van der Waals surface area contributed by atoms with Crippen LogP contribution in [0.1, 0.15) is 0 Å². The van der Waals surface area contributed by atoms with E-state index in [1.165, 1.54) is 12.4 Å². The molecule has 2 aromatic rings. The summed E-state index contributed by atoms with van der Waals surface area (Å²) in [6, 6.07) is 0. The number of aromatic amines is 1. The predicted octanol–water partition coefficient (Wildman–Crippen LogP) is 0.971. The molecule has 0 bridgehead atoms. The standard InChI is InChI=1S/C7H4ClN3O/c8-5-3-9-1-4-2-10-11-7(12)6(4)5/h1-3H,(H,11,12). The van der Waals surface area contributed by atoms with Crippen molar-refractivity contribution >= 4 is 22.4 Å². The maximum atomic E-state index is 11.2. The van der Waals surface area contributed by atoms with Crippen molar-refractivity contribution in [2.75, 3.05) is 0 Å². The highest BCUT2D eigenvalue weighted by atomic mass is 35.5. The summed E-state index contributed by atoms with van der Waals surface area (Å²) in [4.78, 5) is 15.0. The van der Waals surface area contributed by atoms with E-state index in [0.717, 1.165) is 0 Å². The molecule has 0 atom stereocenters. The first-order valence-corrected chi connectivity index (χ1v) is 3.64. The molecule has 0 fully saturated rings. The van der Waals surface area contributed by atoms with Crippen molar-refractivity contribution in [2.45, 2.75) is 0 Å². The first-order valence-electron chi connectivity index (χ1n) is 3.26. The van der Waals surface area contributed by atoms with E-state index in [9.17, 15) is 4.79 Å². The average molecular weight is 182 g/mol. The molecule has 60 valence electrons. The van der Waals surface area contributed by atoms with Crippen LogP contribution in [-0.2, 0) is 0 Å². The van der Waals surface area contributed by atoms with Crippen LogP contribution in [0.2, 0.25) is 5.02 Å². The van der Waals surface area contributed by atoms with Gasteiger partial charge in [-0.15, -0.1) is 0 Å². The summed E-state index contributed by atoms with van der Waals surface area (Å²) in [6.45, 7) is 0. The molecular weight excluding hydrogens is 178 g/mol. The number of aromatic nitrogens is 3. The van der Waals surface area contributed by atoms with Crippen LogP contribution in [-0.4, -0.2) is 15.2 Å². The molecule has 12 heavy (non-hydrogen) atoms. The lowest BCUT2D eigenvalue weighted by Crippen LogP contribution is -2.07. The fourth-order valence-corrected chi connectivity index (χ4v) is 1.26. The smallest absolute Gasteiger partial charge is 0.267 e. The van der Waals surface area contributed by atoms with Crippen molar-refractivity contribution in [3.63, 3.8) is 0 Å². The Morgan fingerprint density at radius 3 is 2.92 bits per heavy atom. The molecule has 0 unspecified atom stereocenters. The van der Waals surface area contributed by atoms with E-state index in [0.29, 0.717) is 15.8 Å². The maximum Gasteiger partial charge on any atom is 0.273 e. The molecule has 0 spiro atoms. The molecule has 0 aliphatic heterocycles. The monoisotopic (exact) mass is 181 g/mol. The molecule has 0 aromatic carbocycles. The number of nitrogens with one attached hydrogen (secondary N) is 1. The van der Waals surface area contributed by atoms with Gasteiger partial charge in [-0.05, 0) is 0 Å². The van der Waals surface area contributed by atoms with Gasteiger partial charge in [0.15, 0.2) is 0 Å². The zero-order valence-electron chi connectivity index (χ0n) is 5.91. The second kappa shape index (κ2) is 2.57. The Bertz CT molecular complexity index is 474. The minimum Gasteiger partial charge on any atom is -0.267 e. The van der Waals surface area contributed by atoms with Crippen LogP contribution in [0.15, 0.2) is 23.4 Å². The Morgan fingerprint density at radius 1 is 1.33 bits per heavy atom. The zero-order chi connectivity index (χ0) is 8.55. The van der Waals surface area contributed by atoms with Crippen molar-refractivity contribution in [3.05, 3.63) is 34.0 Å². The lowest BCUT2D eigenvalue weighted by atomic mass is 10.2. The molecule has 0 amide bonds. The summed E-state index contributed by atoms with van der Waals surface area (Å²) in [5, 5.41) is 7.34. The Morgan fingerprint density at radius 2 is 2.17 bits per heavy atom. The van der Waals surface area contributed by atoms with Gasteiger partial charge in [0, 0.05) is 17.8 Å². The summed E-state index contributed by atoms with van der Waals surface area (Å²) in [6.07, 6.45) is 4.48. The van der Waals surface area contributed by atoms with E-state index in [1.54, 1.807) is 6.20 Å². The van der Waals surface area contributed by atoms with E-state index in [2.05, 4.69) is 15.2 Å². The quantitative estimate of drug-likeness (QED) is 0.659. The highest BCUT2D eigenvalue weighted by molar-refractivity contribution is 6.35. The third-order valence-corrected chi connectivity index (χ3v) is 1.81. The number of rotatable bonds is 0. The Kier molecular flexibility index (Phi) is 1.55. The van der Waals surface area contributed by atoms with E-state index in [4.69, 9.17) is 11.6 Å². The minimum atomic E-state index is -0.292. The number of hydrogen-bond donors (Lipinski definition) is 1. The third-order valence-electron chi connectivity index (χ3n) is 1.53. The third kappa shape index (κ3) is 0.967. The molecule has 0 saturated carbocycles. The lowest BCUT2D eigenvalue weighted by Gasteiger charge is -1.95. The van der Waals surface area contributed by atoms with Crippen LogP contribution in [0.3, 0.4) is 0 Å². The summed E-state index contributed by atoms with van der Waals surface area (Å²) in [7, 11) is 0. The van der Waals surface area contributed by atoms with E-state index < -0.39 is 0 Å². The van der Waals surface area contributed by atoms with Crippen molar-refractivity contribution in [1.29, 1.82) is 0 Å². The van der Waals surface area contributed by atoms with Crippen molar-refractivity contribution in [1.82, 2.24) is 15.2 Å². The van der Waals surface area contributed by atoms with Gasteiger partial charge in [0.25, 0.3) is 5.56 Å². The van der Waals surface area contributed by atoms with Crippen molar-refractivity contribution in [3.8, 4) is 0 Å². The molecule has 0 radical (unpaired) electrons. The van der Waals surface area contributed by atoms with Gasteiger partial charge in [-0.25, -0.2) is 5.10 Å². The largest absolute Gasteiger partial charge is 0.273 e. The summed E-state index contributed by atoms with van der Waals surface area (Å²) in [5.41, 5.74) is -0.292. The van der Waals surface area contributed by atoms with Crippen LogP contribution < -0.4 is 5.56 Å². The van der Waals surface area contributed by atoms with Crippen LogP contribution in [0, 0.1) is 0 Å². The number of nitrogens with zero attached hydrogens (tertiary/aromatic N) is 2. The minimum absolute atomic E-state index is 0.292. The van der Waals surface area contributed by atoms with Gasteiger partial charge in [-0.3, -0.25) is 9.78 Å². The van der Waals surface area contributed by atoms with Crippen LogP contribution >= 0.6 is 11.6 Å². The van der Waals surface area contributed by atoms with Crippen molar-refractivity contribution < 1.29 is 0 Å². The fraction of sp³-hybridized carbons (Fsp3) is 0. The maximum absolute atomic E-state index is 11.2. The lowest BCUT2D eigenvalue weighted by molar-refractivity contribution is 1.01. The van der Waals surface area contributed by atoms with E-state index >= 15 is 0 Å². The number of hydrogen-bond acceptors (Lipinski definition) is 3. The van der Waals surface area contributed by atoms with Crippen molar-refractivity contribution in [2.24, 2.45) is 0 Å². The summed E-state index contributed by atoms with van der Waals surface area (Å²) < 4.78 is 0. The van der Waals surface area contributed by atoms with Gasteiger partial charge in [0.1, 0.15) is 0 Å². The van der Waals surface area contributed by atoms with Gasteiger partial charge in [0.05, 0.1) is 16.6 Å². The highest BCUT2D eigenvalue weighted by Crippen LogP contribution is 2.15. The van der Waals surface area contributed by atoms with Gasteiger partial charge in [-0.1, -0.05) is 11.6 Å². The second-order valence-corrected chi connectivity index (χ2v) is 2.69. The fourth-order valence-electron chi connectivity index (χ4n) is 1.00. The number of H-pyrrole nitrogens is 1. The zero-order valence-corrected chi connectivity index (χ0v) is 6.67. The number of halogens is 1.